The minimum absolute atomic E-state index is 0.115. The largest absolute Gasteiger partial charge is 0.393 e. The summed E-state index contributed by atoms with van der Waals surface area (Å²) < 4.78 is 1.19. The molecule has 15 heavy (non-hydrogen) atoms. The van der Waals surface area contributed by atoms with Crippen molar-refractivity contribution >= 4 is 5.65 Å². The monoisotopic (exact) mass is 208 g/mol. The maximum Gasteiger partial charge on any atom is 0.364 e. The van der Waals surface area contributed by atoms with Crippen LogP contribution in [0.1, 0.15) is 25.5 Å². The Morgan fingerprint density at radius 3 is 2.87 bits per heavy atom. The van der Waals surface area contributed by atoms with Crippen LogP contribution in [0.3, 0.4) is 0 Å². The van der Waals surface area contributed by atoms with Crippen LogP contribution in [0.2, 0.25) is 0 Å². The first-order valence-electron chi connectivity index (χ1n) is 4.72. The van der Waals surface area contributed by atoms with Crippen molar-refractivity contribution in [1.29, 1.82) is 0 Å². The van der Waals surface area contributed by atoms with Gasteiger partial charge >= 0.3 is 5.69 Å². The average Bonchev–Trinajstić information content (AvgIpc) is 2.59. The standard InChI is InChI=1S/C9H12N4O2/c1-5(6(2)14)7-3-4-8-10-11-9(15)13(8)12-7/h3-6,14H,1-2H3,(H,11,15). The lowest BCUT2D eigenvalue weighted by atomic mass is 10.0. The molecule has 0 aromatic carbocycles. The summed E-state index contributed by atoms with van der Waals surface area (Å²) in [6, 6.07) is 3.45. The summed E-state index contributed by atoms with van der Waals surface area (Å²) in [5, 5.41) is 19.6. The topological polar surface area (TPSA) is 83.3 Å². The number of H-pyrrole nitrogens is 1. The second kappa shape index (κ2) is 3.47. The molecular weight excluding hydrogens is 196 g/mol. The molecule has 0 saturated carbocycles. The van der Waals surface area contributed by atoms with Gasteiger partial charge < -0.3 is 5.11 Å². The first-order chi connectivity index (χ1) is 7.09. The molecule has 0 amide bonds. The van der Waals surface area contributed by atoms with Crippen LogP contribution >= 0.6 is 0 Å². The molecule has 2 N–H and O–H groups in total. The number of aromatic nitrogens is 4. The van der Waals surface area contributed by atoms with Gasteiger partial charge in [0.05, 0.1) is 11.8 Å². The van der Waals surface area contributed by atoms with Gasteiger partial charge in [0.2, 0.25) is 0 Å². The molecule has 0 saturated heterocycles. The Morgan fingerprint density at radius 1 is 1.47 bits per heavy atom. The van der Waals surface area contributed by atoms with E-state index >= 15 is 0 Å². The van der Waals surface area contributed by atoms with Crippen molar-refractivity contribution in [3.05, 3.63) is 28.3 Å². The van der Waals surface area contributed by atoms with Crippen LogP contribution in [0, 0.1) is 0 Å². The average molecular weight is 208 g/mol. The lowest BCUT2D eigenvalue weighted by Gasteiger charge is -2.12. The summed E-state index contributed by atoms with van der Waals surface area (Å²) >= 11 is 0. The van der Waals surface area contributed by atoms with Crippen LogP contribution in [0.25, 0.3) is 5.65 Å². The first-order valence-corrected chi connectivity index (χ1v) is 4.72. The molecule has 80 valence electrons. The van der Waals surface area contributed by atoms with Crippen molar-refractivity contribution in [3.63, 3.8) is 0 Å². The van der Waals surface area contributed by atoms with Gasteiger partial charge in [0.1, 0.15) is 0 Å². The lowest BCUT2D eigenvalue weighted by Crippen LogP contribution is -2.18. The zero-order valence-electron chi connectivity index (χ0n) is 8.51. The summed E-state index contributed by atoms with van der Waals surface area (Å²) in [5.74, 6) is -0.115. The van der Waals surface area contributed by atoms with Gasteiger partial charge in [0.15, 0.2) is 5.65 Å². The Kier molecular flexibility index (Phi) is 2.28. The van der Waals surface area contributed by atoms with Gasteiger partial charge in [-0.3, -0.25) is 0 Å². The van der Waals surface area contributed by atoms with Gasteiger partial charge in [0.25, 0.3) is 0 Å². The quantitative estimate of drug-likeness (QED) is 0.722. The molecule has 6 nitrogen and oxygen atoms in total. The lowest BCUT2D eigenvalue weighted by molar-refractivity contribution is 0.166. The van der Waals surface area contributed by atoms with Crippen LogP contribution in [0.15, 0.2) is 16.9 Å². The molecule has 2 atom stereocenters. The fourth-order valence-corrected chi connectivity index (χ4v) is 1.31. The van der Waals surface area contributed by atoms with E-state index in [9.17, 15) is 9.90 Å². The first kappa shape index (κ1) is 9.85. The smallest absolute Gasteiger partial charge is 0.364 e. The Labute approximate surface area is 85.6 Å². The minimum atomic E-state index is -0.502. The van der Waals surface area contributed by atoms with Gasteiger partial charge in [-0.05, 0) is 19.1 Å². The van der Waals surface area contributed by atoms with E-state index in [0.29, 0.717) is 11.3 Å². The van der Waals surface area contributed by atoms with Gasteiger partial charge in [-0.25, -0.2) is 9.89 Å². The molecule has 0 spiro atoms. The number of rotatable bonds is 2. The van der Waals surface area contributed by atoms with E-state index in [1.807, 2.05) is 6.92 Å². The van der Waals surface area contributed by atoms with Crippen LogP contribution in [-0.2, 0) is 0 Å². The third kappa shape index (κ3) is 1.63. The Hall–Kier alpha value is -1.69. The van der Waals surface area contributed by atoms with Crippen LogP contribution in [0.5, 0.6) is 0 Å². The highest BCUT2D eigenvalue weighted by Crippen LogP contribution is 2.15. The van der Waals surface area contributed by atoms with Crippen molar-refractivity contribution in [2.75, 3.05) is 0 Å². The van der Waals surface area contributed by atoms with Crippen LogP contribution < -0.4 is 5.69 Å². The highest BCUT2D eigenvalue weighted by Gasteiger charge is 2.14. The minimum Gasteiger partial charge on any atom is -0.393 e. The molecule has 2 heterocycles. The molecule has 0 aliphatic carbocycles. The van der Waals surface area contributed by atoms with Crippen molar-refractivity contribution < 1.29 is 5.11 Å². The number of aliphatic hydroxyl groups excluding tert-OH is 1. The SMILES string of the molecule is CC(O)C(C)c1ccc2n[nH]c(=O)n2n1. The van der Waals surface area contributed by atoms with Crippen LogP contribution in [0.4, 0.5) is 0 Å². The molecule has 6 heteroatoms. The molecule has 0 bridgehead atoms. The number of hydrogen-bond acceptors (Lipinski definition) is 4. The maximum absolute atomic E-state index is 11.2. The number of hydrogen-bond donors (Lipinski definition) is 2. The predicted molar refractivity (Wildman–Crippen MR) is 53.7 cm³/mol. The van der Waals surface area contributed by atoms with Crippen molar-refractivity contribution in [3.8, 4) is 0 Å². The molecule has 0 radical (unpaired) electrons. The van der Waals surface area contributed by atoms with E-state index < -0.39 is 6.10 Å². The highest BCUT2D eigenvalue weighted by molar-refractivity contribution is 5.35. The fourth-order valence-electron chi connectivity index (χ4n) is 1.31. The van der Waals surface area contributed by atoms with E-state index in [-0.39, 0.29) is 11.6 Å². The fraction of sp³-hybridized carbons (Fsp3) is 0.444. The third-order valence-corrected chi connectivity index (χ3v) is 2.48. The van der Waals surface area contributed by atoms with Gasteiger partial charge in [-0.1, -0.05) is 6.92 Å². The second-order valence-corrected chi connectivity index (χ2v) is 3.59. The van der Waals surface area contributed by atoms with E-state index in [2.05, 4.69) is 15.3 Å². The van der Waals surface area contributed by atoms with Crippen molar-refractivity contribution in [1.82, 2.24) is 19.8 Å². The van der Waals surface area contributed by atoms with Crippen molar-refractivity contribution in [2.24, 2.45) is 0 Å². The second-order valence-electron chi connectivity index (χ2n) is 3.59. The summed E-state index contributed by atoms with van der Waals surface area (Å²) in [5.41, 5.74) is 0.771. The molecule has 2 aromatic rings. The summed E-state index contributed by atoms with van der Waals surface area (Å²) in [7, 11) is 0. The molecule has 0 aliphatic heterocycles. The Bertz CT molecular complexity index is 528. The normalized spacial score (nSPS) is 15.4. The zero-order chi connectivity index (χ0) is 11.0. The van der Waals surface area contributed by atoms with Gasteiger partial charge in [-0.2, -0.15) is 14.7 Å². The summed E-state index contributed by atoms with van der Waals surface area (Å²) in [6.07, 6.45) is -0.502. The summed E-state index contributed by atoms with van der Waals surface area (Å²) in [4.78, 5) is 11.2. The zero-order valence-corrected chi connectivity index (χ0v) is 8.51. The summed E-state index contributed by atoms with van der Waals surface area (Å²) in [6.45, 7) is 3.54. The maximum atomic E-state index is 11.2. The van der Waals surface area contributed by atoms with Crippen molar-refractivity contribution in [2.45, 2.75) is 25.9 Å². The van der Waals surface area contributed by atoms with E-state index in [0.717, 1.165) is 0 Å². The van der Waals surface area contributed by atoms with E-state index in [4.69, 9.17) is 0 Å². The number of fused-ring (bicyclic) bond motifs is 1. The van der Waals surface area contributed by atoms with Gasteiger partial charge in [0, 0.05) is 5.92 Å². The Morgan fingerprint density at radius 2 is 2.20 bits per heavy atom. The molecule has 2 aromatic heterocycles. The van der Waals surface area contributed by atoms with Gasteiger partial charge in [-0.15, -0.1) is 0 Å². The highest BCUT2D eigenvalue weighted by atomic mass is 16.3. The number of aliphatic hydroxyl groups is 1. The number of nitrogens with zero attached hydrogens (tertiary/aromatic N) is 3. The third-order valence-electron chi connectivity index (χ3n) is 2.48. The number of nitrogens with one attached hydrogen (secondary N) is 1. The predicted octanol–water partition coefficient (Wildman–Crippen LogP) is -0.0981. The molecule has 2 rings (SSSR count). The molecule has 2 unspecified atom stereocenters. The van der Waals surface area contributed by atoms with E-state index in [1.165, 1.54) is 4.52 Å². The van der Waals surface area contributed by atoms with E-state index in [1.54, 1.807) is 19.1 Å². The van der Waals surface area contributed by atoms with Crippen LogP contribution in [-0.4, -0.2) is 31.0 Å². The molecular formula is C9H12N4O2. The number of aromatic amines is 1. The molecule has 0 fully saturated rings. The molecule has 0 aliphatic rings. The Balaban J connectivity index is 2.55.